The molecule has 0 aromatic carbocycles. The number of amides is 1. The van der Waals surface area contributed by atoms with Crippen molar-refractivity contribution in [3.63, 3.8) is 0 Å². The second-order valence-electron chi connectivity index (χ2n) is 4.12. The zero-order chi connectivity index (χ0) is 17.9. The van der Waals surface area contributed by atoms with Gasteiger partial charge in [-0.05, 0) is 34.0 Å². The summed E-state index contributed by atoms with van der Waals surface area (Å²) in [5.41, 5.74) is 7.38. The van der Waals surface area contributed by atoms with Gasteiger partial charge in [-0.2, -0.15) is 0 Å². The van der Waals surface area contributed by atoms with E-state index in [9.17, 15) is 9.59 Å². The van der Waals surface area contributed by atoms with Crippen LogP contribution in [0.2, 0.25) is 0 Å². The Kier molecular flexibility index (Phi) is 23.0. The van der Waals surface area contributed by atoms with E-state index in [2.05, 4.69) is 14.9 Å². The third kappa shape index (κ3) is 11.1. The molecule has 1 aliphatic heterocycles. The molecular formula is C15H20K2N2O6S2. The van der Waals surface area contributed by atoms with Gasteiger partial charge in [0.15, 0.2) is 0 Å². The molecule has 1 amide bonds. The van der Waals surface area contributed by atoms with Gasteiger partial charge in [0.2, 0.25) is 0 Å². The third-order valence-electron chi connectivity index (χ3n) is 2.77. The number of fused-ring (bicyclic) bond motifs is 1. The molecule has 1 aliphatic rings. The van der Waals surface area contributed by atoms with Crippen LogP contribution in [0.5, 0.6) is 0 Å². The van der Waals surface area contributed by atoms with Crippen LogP contribution < -0.4 is 119 Å². The quantitative estimate of drug-likeness (QED) is 0.153. The van der Waals surface area contributed by atoms with Crippen molar-refractivity contribution in [1.82, 2.24) is 5.32 Å². The number of thiophene rings is 2. The first-order valence-corrected chi connectivity index (χ1v) is 8.26. The van der Waals surface area contributed by atoms with Crippen LogP contribution in [0.4, 0.5) is 0 Å². The van der Waals surface area contributed by atoms with E-state index in [-0.39, 0.29) is 130 Å². The molecule has 0 aliphatic carbocycles. The van der Waals surface area contributed by atoms with E-state index in [0.29, 0.717) is 11.4 Å². The van der Waals surface area contributed by atoms with Crippen molar-refractivity contribution in [2.24, 2.45) is 5.73 Å². The number of hydrogen-bond donors (Lipinski definition) is 2. The Morgan fingerprint density at radius 1 is 1.37 bits per heavy atom. The molecule has 2 aromatic rings. The van der Waals surface area contributed by atoms with E-state index in [1.807, 2.05) is 22.9 Å². The van der Waals surface area contributed by atoms with E-state index in [1.165, 1.54) is 29.8 Å². The average Bonchev–Trinajstić information content (AvgIpc) is 3.33. The minimum absolute atomic E-state index is 0. The fraction of sp³-hybridized carbons (Fsp3) is 0.267. The van der Waals surface area contributed by atoms with Crippen molar-refractivity contribution in [1.29, 1.82) is 0 Å². The van der Waals surface area contributed by atoms with E-state index in [0.717, 1.165) is 22.5 Å². The molecule has 8 nitrogen and oxygen atoms in total. The first-order valence-electron chi connectivity index (χ1n) is 6.50. The van der Waals surface area contributed by atoms with Crippen LogP contribution in [0.15, 0.2) is 22.9 Å². The van der Waals surface area contributed by atoms with Crippen molar-refractivity contribution in [2.75, 3.05) is 7.11 Å². The second kappa shape index (κ2) is 19.0. The first-order chi connectivity index (χ1) is 11.6. The zero-order valence-corrected chi connectivity index (χ0v) is 22.5. The molecule has 0 bridgehead atoms. The molecule has 0 atom stereocenters. The smallest absolute Gasteiger partial charge is 1.00 e. The summed E-state index contributed by atoms with van der Waals surface area (Å²) < 4.78 is 4.55. The summed E-state index contributed by atoms with van der Waals surface area (Å²) in [6.07, 6.45) is 0. The molecule has 27 heavy (non-hydrogen) atoms. The molecule has 140 valence electrons. The minimum Gasteiger partial charge on any atom is -1.00 e. The number of carbonyl (C=O) groups is 3. The van der Waals surface area contributed by atoms with Gasteiger partial charge in [0.25, 0.3) is 12.4 Å². The molecule has 0 saturated carbocycles. The van der Waals surface area contributed by atoms with Crippen molar-refractivity contribution in [2.45, 2.75) is 20.5 Å². The summed E-state index contributed by atoms with van der Waals surface area (Å²) in [5.74, 6) is -0.222. The Labute approximate surface area is 252 Å². The van der Waals surface area contributed by atoms with Crippen LogP contribution in [0, 0.1) is 0 Å². The molecule has 0 saturated heterocycles. The van der Waals surface area contributed by atoms with Crippen LogP contribution in [-0.4, -0.2) is 25.5 Å². The number of carbonyl (C=O) groups excluding carboxylic acids is 3. The topological polar surface area (TPSA) is 131 Å². The molecule has 0 unspecified atom stereocenters. The van der Waals surface area contributed by atoms with Crippen molar-refractivity contribution >= 4 is 41.0 Å². The number of nitrogens with one attached hydrogen (secondary N) is 1. The largest absolute Gasteiger partial charge is 1.00 e. The van der Waals surface area contributed by atoms with Crippen LogP contribution in [0.3, 0.4) is 0 Å². The van der Waals surface area contributed by atoms with Crippen molar-refractivity contribution < 1.29 is 133 Å². The molecule has 3 N–H and O–H groups in total. The van der Waals surface area contributed by atoms with Gasteiger partial charge in [0, 0.05) is 13.1 Å². The van der Waals surface area contributed by atoms with Crippen molar-refractivity contribution in [3.8, 4) is 0 Å². The van der Waals surface area contributed by atoms with Crippen LogP contribution in [0.1, 0.15) is 39.3 Å². The summed E-state index contributed by atoms with van der Waals surface area (Å²) in [6.45, 7) is 0.922. The normalized spacial score (nSPS) is 9.81. The molecule has 2 aromatic heterocycles. The summed E-state index contributed by atoms with van der Waals surface area (Å²) in [7, 11) is 1.36. The maximum atomic E-state index is 11.0. The Balaban J connectivity index is -0.000000156. The van der Waals surface area contributed by atoms with Gasteiger partial charge >= 0.3 is 109 Å². The first kappa shape index (κ1) is 32.7. The molecule has 0 spiro atoms. The van der Waals surface area contributed by atoms with Crippen LogP contribution in [0.25, 0.3) is 0 Å². The predicted octanol–water partition coefficient (Wildman–Crippen LogP) is -4.82. The standard InChI is InChI=1S/C7H9NO2S.C6H5NOS.CH2O3.CH4.2K.H/c1-10-7(9)6-5(4-8)2-3-11-6;8-6-5-4(3-7-6)1-2-9-5;2-1-4-3;;;;/h2-3H,4,8H2,1H3;1-2H,3H2,(H,7,8);1,3H;1H4;;;/q;;;;2*+1;-1/p-1. The average molecular weight is 467 g/mol. The number of nitrogens with two attached hydrogens (primary N) is 1. The zero-order valence-electron chi connectivity index (χ0n) is 15.6. The van der Waals surface area contributed by atoms with Gasteiger partial charge in [0.05, 0.1) is 12.0 Å². The van der Waals surface area contributed by atoms with Gasteiger partial charge in [-0.1, -0.05) is 7.43 Å². The van der Waals surface area contributed by atoms with Gasteiger partial charge < -0.3 is 27.4 Å². The monoisotopic (exact) mass is 466 g/mol. The number of hydrogen-bond acceptors (Lipinski definition) is 9. The van der Waals surface area contributed by atoms with Gasteiger partial charge in [-0.25, -0.2) is 4.79 Å². The Hall–Kier alpha value is 1.00. The summed E-state index contributed by atoms with van der Waals surface area (Å²) in [6, 6.07) is 3.81. The summed E-state index contributed by atoms with van der Waals surface area (Å²) in [4.78, 5) is 34.6. The molecule has 0 radical (unpaired) electrons. The molecule has 12 heteroatoms. The van der Waals surface area contributed by atoms with Gasteiger partial charge in [-0.3, -0.25) is 9.59 Å². The van der Waals surface area contributed by atoms with E-state index < -0.39 is 0 Å². The fourth-order valence-corrected chi connectivity index (χ4v) is 3.39. The van der Waals surface area contributed by atoms with E-state index in [4.69, 9.17) is 15.8 Å². The fourth-order valence-electron chi connectivity index (χ4n) is 1.70. The number of esters is 1. The maximum absolute atomic E-state index is 11.0. The van der Waals surface area contributed by atoms with Gasteiger partial charge in [-0.15, -0.1) is 22.7 Å². The molecular weight excluding hydrogens is 447 g/mol. The Morgan fingerprint density at radius 3 is 2.44 bits per heavy atom. The molecule has 3 rings (SSSR count). The predicted molar refractivity (Wildman–Crippen MR) is 94.0 cm³/mol. The number of methoxy groups -OCH3 is 1. The molecule has 3 heterocycles. The van der Waals surface area contributed by atoms with Crippen molar-refractivity contribution in [3.05, 3.63) is 43.8 Å². The minimum atomic E-state index is -0.305. The van der Waals surface area contributed by atoms with E-state index in [1.54, 1.807) is 0 Å². The van der Waals surface area contributed by atoms with E-state index >= 15 is 0 Å². The van der Waals surface area contributed by atoms with Crippen LogP contribution in [-0.2, 0) is 27.5 Å². The Morgan fingerprint density at radius 2 is 1.96 bits per heavy atom. The van der Waals surface area contributed by atoms with Gasteiger partial charge in [0.1, 0.15) is 4.88 Å². The third-order valence-corrected chi connectivity index (χ3v) is 4.66. The second-order valence-corrected chi connectivity index (χ2v) is 5.95. The Bertz CT molecular complexity index is 700. The maximum Gasteiger partial charge on any atom is 1.00 e. The number of ether oxygens (including phenoxy) is 1. The SMILES string of the molecule is C.COC(=O)c1sccc1CN.O=C1NCc2ccsc21.O=CO[O-].[H-].[K+].[K+]. The summed E-state index contributed by atoms with van der Waals surface area (Å²) in [5, 5.41) is 14.9. The summed E-state index contributed by atoms with van der Waals surface area (Å²) >= 11 is 2.86. The number of rotatable bonds is 3. The molecule has 0 fully saturated rings. The van der Waals surface area contributed by atoms with Crippen LogP contribution >= 0.6 is 22.7 Å².